The van der Waals surface area contributed by atoms with Gasteiger partial charge in [-0.2, -0.15) is 0 Å². The SMILES string of the molecule is O=C(N[C@@H]1CCCN(Cc2ccncc2)CC1)c1ncoc1C1CC1. The first kappa shape index (κ1) is 16.3. The fourth-order valence-corrected chi connectivity index (χ4v) is 3.52. The van der Waals surface area contributed by atoms with Crippen molar-refractivity contribution in [1.82, 2.24) is 20.2 Å². The van der Waals surface area contributed by atoms with Gasteiger partial charge in [-0.15, -0.1) is 0 Å². The average molecular weight is 340 g/mol. The van der Waals surface area contributed by atoms with Gasteiger partial charge in [0.25, 0.3) is 5.91 Å². The van der Waals surface area contributed by atoms with Crippen LogP contribution in [0.5, 0.6) is 0 Å². The van der Waals surface area contributed by atoms with Gasteiger partial charge in [-0.05, 0) is 56.3 Å². The van der Waals surface area contributed by atoms with Crippen LogP contribution in [0, 0.1) is 0 Å². The molecule has 25 heavy (non-hydrogen) atoms. The first-order valence-electron chi connectivity index (χ1n) is 9.15. The van der Waals surface area contributed by atoms with Gasteiger partial charge in [0.15, 0.2) is 12.1 Å². The maximum atomic E-state index is 12.6. The van der Waals surface area contributed by atoms with Gasteiger partial charge in [-0.3, -0.25) is 14.7 Å². The van der Waals surface area contributed by atoms with Crippen LogP contribution in [0.4, 0.5) is 0 Å². The second-order valence-corrected chi connectivity index (χ2v) is 7.07. The lowest BCUT2D eigenvalue weighted by atomic mass is 10.1. The van der Waals surface area contributed by atoms with Crippen molar-refractivity contribution in [2.45, 2.75) is 50.6 Å². The van der Waals surface area contributed by atoms with Crippen molar-refractivity contribution in [3.8, 4) is 0 Å². The first-order chi connectivity index (χ1) is 12.3. The predicted octanol–water partition coefficient (Wildman–Crippen LogP) is 2.73. The Hall–Kier alpha value is -2.21. The molecule has 1 aliphatic heterocycles. The second-order valence-electron chi connectivity index (χ2n) is 7.07. The molecule has 1 saturated heterocycles. The Morgan fingerprint density at radius 3 is 2.84 bits per heavy atom. The second kappa shape index (κ2) is 7.35. The summed E-state index contributed by atoms with van der Waals surface area (Å²) in [4.78, 5) is 23.2. The Morgan fingerprint density at radius 2 is 2.04 bits per heavy atom. The van der Waals surface area contributed by atoms with Gasteiger partial charge in [0.1, 0.15) is 5.76 Å². The molecule has 3 heterocycles. The Bertz CT molecular complexity index is 711. The van der Waals surface area contributed by atoms with Gasteiger partial charge in [-0.25, -0.2) is 4.98 Å². The Kier molecular flexibility index (Phi) is 4.78. The molecule has 132 valence electrons. The number of amides is 1. The maximum Gasteiger partial charge on any atom is 0.273 e. The number of nitrogens with zero attached hydrogens (tertiary/aromatic N) is 3. The summed E-state index contributed by atoms with van der Waals surface area (Å²) in [7, 11) is 0. The van der Waals surface area contributed by atoms with E-state index in [-0.39, 0.29) is 11.9 Å². The van der Waals surface area contributed by atoms with Crippen LogP contribution in [0.1, 0.15) is 59.8 Å². The molecule has 2 aromatic rings. The summed E-state index contributed by atoms with van der Waals surface area (Å²) in [5.41, 5.74) is 1.77. The molecule has 4 rings (SSSR count). The number of rotatable bonds is 5. The molecule has 2 fully saturated rings. The molecule has 6 nitrogen and oxygen atoms in total. The molecular weight excluding hydrogens is 316 g/mol. The zero-order valence-corrected chi connectivity index (χ0v) is 14.4. The molecule has 0 radical (unpaired) electrons. The quantitative estimate of drug-likeness (QED) is 0.906. The van der Waals surface area contributed by atoms with Crippen molar-refractivity contribution in [1.29, 1.82) is 0 Å². The van der Waals surface area contributed by atoms with Crippen LogP contribution >= 0.6 is 0 Å². The first-order valence-corrected chi connectivity index (χ1v) is 9.15. The van der Waals surface area contributed by atoms with E-state index in [2.05, 4.69) is 32.3 Å². The number of nitrogens with one attached hydrogen (secondary N) is 1. The van der Waals surface area contributed by atoms with Gasteiger partial charge in [0.2, 0.25) is 0 Å². The van der Waals surface area contributed by atoms with Crippen molar-refractivity contribution < 1.29 is 9.21 Å². The molecule has 0 bridgehead atoms. The number of carbonyl (C=O) groups excluding carboxylic acids is 1. The highest BCUT2D eigenvalue weighted by Crippen LogP contribution is 2.41. The molecule has 1 aliphatic carbocycles. The molecule has 1 saturated carbocycles. The number of hydrogen-bond acceptors (Lipinski definition) is 5. The summed E-state index contributed by atoms with van der Waals surface area (Å²) in [6.07, 6.45) is 10.3. The van der Waals surface area contributed by atoms with Crippen molar-refractivity contribution in [3.63, 3.8) is 0 Å². The van der Waals surface area contributed by atoms with Crippen molar-refractivity contribution in [2.75, 3.05) is 13.1 Å². The number of aromatic nitrogens is 2. The third kappa shape index (κ3) is 4.07. The molecule has 2 aromatic heterocycles. The summed E-state index contributed by atoms with van der Waals surface area (Å²) >= 11 is 0. The minimum Gasteiger partial charge on any atom is -0.447 e. The zero-order chi connectivity index (χ0) is 17.1. The van der Waals surface area contributed by atoms with Crippen molar-refractivity contribution in [2.24, 2.45) is 0 Å². The zero-order valence-electron chi connectivity index (χ0n) is 14.4. The van der Waals surface area contributed by atoms with Gasteiger partial charge in [0.05, 0.1) is 0 Å². The minimum absolute atomic E-state index is 0.0803. The van der Waals surface area contributed by atoms with E-state index in [0.29, 0.717) is 11.6 Å². The summed E-state index contributed by atoms with van der Waals surface area (Å²) in [6.45, 7) is 2.99. The Labute approximate surface area is 147 Å². The Balaban J connectivity index is 1.32. The average Bonchev–Trinajstić information content (AvgIpc) is 3.39. The molecule has 6 heteroatoms. The van der Waals surface area contributed by atoms with Gasteiger partial charge < -0.3 is 9.73 Å². The number of hydrogen-bond donors (Lipinski definition) is 1. The highest BCUT2D eigenvalue weighted by Gasteiger charge is 2.33. The van der Waals surface area contributed by atoms with Gasteiger partial charge >= 0.3 is 0 Å². The fraction of sp³-hybridized carbons (Fsp3) is 0.526. The van der Waals surface area contributed by atoms with Crippen molar-refractivity contribution in [3.05, 3.63) is 47.9 Å². The van der Waals surface area contributed by atoms with Crippen LogP contribution < -0.4 is 5.32 Å². The molecule has 0 aromatic carbocycles. The largest absolute Gasteiger partial charge is 0.447 e. The fourth-order valence-electron chi connectivity index (χ4n) is 3.52. The third-order valence-corrected chi connectivity index (χ3v) is 5.07. The summed E-state index contributed by atoms with van der Waals surface area (Å²) in [5.74, 6) is 1.09. The molecule has 0 unspecified atom stereocenters. The smallest absolute Gasteiger partial charge is 0.273 e. The van der Waals surface area contributed by atoms with E-state index in [4.69, 9.17) is 4.42 Å². The van der Waals surface area contributed by atoms with Gasteiger partial charge in [-0.1, -0.05) is 0 Å². The summed E-state index contributed by atoms with van der Waals surface area (Å²) in [6, 6.07) is 4.33. The van der Waals surface area contributed by atoms with E-state index in [0.717, 1.165) is 57.5 Å². The van der Waals surface area contributed by atoms with E-state index in [1.54, 1.807) is 0 Å². The Morgan fingerprint density at radius 1 is 1.20 bits per heavy atom. The number of likely N-dealkylation sites (tertiary alicyclic amines) is 1. The molecular formula is C19H24N4O2. The standard InChI is InChI=1S/C19H24N4O2/c24-19(17-18(15-3-4-15)25-13-21-17)22-16-2-1-10-23(11-7-16)12-14-5-8-20-9-6-14/h5-6,8-9,13,15-16H,1-4,7,10-12H2,(H,22,24)/t16-/m1/s1. The van der Waals surface area contributed by atoms with E-state index < -0.39 is 0 Å². The highest BCUT2D eigenvalue weighted by molar-refractivity contribution is 5.93. The van der Waals surface area contributed by atoms with E-state index >= 15 is 0 Å². The molecule has 1 amide bonds. The molecule has 1 atom stereocenters. The highest BCUT2D eigenvalue weighted by atomic mass is 16.3. The minimum atomic E-state index is -0.0803. The van der Waals surface area contributed by atoms with E-state index in [9.17, 15) is 4.79 Å². The number of oxazole rings is 1. The van der Waals surface area contributed by atoms with Crippen LogP contribution in [-0.2, 0) is 6.54 Å². The van der Waals surface area contributed by atoms with E-state index in [1.165, 1.54) is 12.0 Å². The lowest BCUT2D eigenvalue weighted by Gasteiger charge is -2.20. The molecule has 0 spiro atoms. The summed E-state index contributed by atoms with van der Waals surface area (Å²) < 4.78 is 5.42. The number of carbonyl (C=O) groups is 1. The van der Waals surface area contributed by atoms with Crippen LogP contribution in [-0.4, -0.2) is 39.9 Å². The maximum absolute atomic E-state index is 12.6. The topological polar surface area (TPSA) is 71.3 Å². The molecule has 2 aliphatic rings. The van der Waals surface area contributed by atoms with Gasteiger partial charge in [0, 0.05) is 37.4 Å². The lowest BCUT2D eigenvalue weighted by molar-refractivity contribution is 0.0926. The third-order valence-electron chi connectivity index (χ3n) is 5.07. The van der Waals surface area contributed by atoms with E-state index in [1.807, 2.05) is 12.4 Å². The summed E-state index contributed by atoms with van der Waals surface area (Å²) in [5, 5.41) is 3.17. The van der Waals surface area contributed by atoms with Crippen LogP contribution in [0.3, 0.4) is 0 Å². The molecule has 1 N–H and O–H groups in total. The van der Waals surface area contributed by atoms with Crippen LogP contribution in [0.2, 0.25) is 0 Å². The predicted molar refractivity (Wildman–Crippen MR) is 93.1 cm³/mol. The monoisotopic (exact) mass is 340 g/mol. The van der Waals surface area contributed by atoms with Crippen molar-refractivity contribution >= 4 is 5.91 Å². The normalized spacial score (nSPS) is 21.7. The lowest BCUT2D eigenvalue weighted by Crippen LogP contribution is -2.36. The van der Waals surface area contributed by atoms with Crippen LogP contribution in [0.25, 0.3) is 0 Å². The number of pyridine rings is 1. The van der Waals surface area contributed by atoms with Crippen LogP contribution in [0.15, 0.2) is 35.3 Å².